The third-order valence-electron chi connectivity index (χ3n) is 3.36. The summed E-state index contributed by atoms with van der Waals surface area (Å²) in [4.78, 5) is 11.9. The van der Waals surface area contributed by atoms with E-state index in [0.717, 1.165) is 29.2 Å². The maximum atomic E-state index is 10.9. The molecule has 2 rings (SSSR count). The summed E-state index contributed by atoms with van der Waals surface area (Å²) in [6, 6.07) is 7.85. The van der Waals surface area contributed by atoms with E-state index in [4.69, 9.17) is 5.11 Å². The lowest BCUT2D eigenvalue weighted by atomic mass is 10.1. The van der Waals surface area contributed by atoms with E-state index >= 15 is 0 Å². The minimum absolute atomic E-state index is 0.0820. The first-order chi connectivity index (χ1) is 9.65. The molecule has 0 aliphatic heterocycles. The molecule has 0 heterocycles. The summed E-state index contributed by atoms with van der Waals surface area (Å²) in [7, 11) is 0. The van der Waals surface area contributed by atoms with Crippen LogP contribution in [0.5, 0.6) is 0 Å². The van der Waals surface area contributed by atoms with Crippen LogP contribution in [0.3, 0.4) is 0 Å². The number of nitrogens with zero attached hydrogens (tertiary/aromatic N) is 1. The molecule has 0 aromatic heterocycles. The highest BCUT2D eigenvalue weighted by atomic mass is 32.2. The monoisotopic (exact) mass is 290 g/mol. The molecule has 1 unspecified atom stereocenters. The van der Waals surface area contributed by atoms with Gasteiger partial charge in [-0.3, -0.25) is 4.79 Å². The van der Waals surface area contributed by atoms with Gasteiger partial charge in [0.2, 0.25) is 0 Å². The molecular formula is C15H18N2O2S. The number of carboxylic acid groups (broad SMARTS) is 1. The van der Waals surface area contributed by atoms with Gasteiger partial charge in [-0.2, -0.15) is 5.26 Å². The lowest BCUT2D eigenvalue weighted by molar-refractivity contribution is -0.137. The van der Waals surface area contributed by atoms with E-state index in [1.54, 1.807) is 11.8 Å². The third-order valence-corrected chi connectivity index (χ3v) is 4.30. The highest BCUT2D eigenvalue weighted by Gasteiger charge is 2.33. The maximum absolute atomic E-state index is 10.9. The van der Waals surface area contributed by atoms with Gasteiger partial charge in [0.15, 0.2) is 0 Å². The Hall–Kier alpha value is -1.67. The Morgan fingerprint density at radius 3 is 2.90 bits per heavy atom. The molecular weight excluding hydrogens is 272 g/mol. The van der Waals surface area contributed by atoms with Gasteiger partial charge in [-0.05, 0) is 36.6 Å². The average molecular weight is 290 g/mol. The van der Waals surface area contributed by atoms with Crippen molar-refractivity contribution in [1.82, 2.24) is 0 Å². The lowest BCUT2D eigenvalue weighted by Gasteiger charge is -2.19. The van der Waals surface area contributed by atoms with Gasteiger partial charge in [0.1, 0.15) is 6.07 Å². The minimum Gasteiger partial charge on any atom is -0.481 e. The fraction of sp³-hybridized carbons (Fsp3) is 0.467. The van der Waals surface area contributed by atoms with Crippen LogP contribution in [-0.2, 0) is 4.79 Å². The second kappa shape index (κ2) is 6.67. The summed E-state index contributed by atoms with van der Waals surface area (Å²) in [5.74, 6) is 0.520. The average Bonchev–Trinajstić information content (AvgIpc) is 3.22. The molecule has 0 saturated heterocycles. The Balaban J connectivity index is 2.20. The standard InChI is InChI=1S/C15H18N2O2S/c1-2-20-14-5-3-4-12(11(14)9-16)17-13(8-15(18)19)10-6-7-10/h3-5,10,13,17H,2,6-8H2,1H3,(H,18,19). The third kappa shape index (κ3) is 3.67. The van der Waals surface area contributed by atoms with Crippen molar-refractivity contribution in [3.05, 3.63) is 23.8 Å². The van der Waals surface area contributed by atoms with Crippen molar-refractivity contribution in [1.29, 1.82) is 5.26 Å². The molecule has 1 aromatic carbocycles. The van der Waals surface area contributed by atoms with Crippen LogP contribution in [0.2, 0.25) is 0 Å². The van der Waals surface area contributed by atoms with Gasteiger partial charge in [-0.25, -0.2) is 0 Å². The molecule has 0 radical (unpaired) electrons. The van der Waals surface area contributed by atoms with Gasteiger partial charge in [-0.15, -0.1) is 11.8 Å². The van der Waals surface area contributed by atoms with Crippen molar-refractivity contribution < 1.29 is 9.90 Å². The number of benzene rings is 1. The molecule has 1 aliphatic rings. The highest BCUT2D eigenvalue weighted by molar-refractivity contribution is 7.99. The highest BCUT2D eigenvalue weighted by Crippen LogP contribution is 2.37. The molecule has 4 nitrogen and oxygen atoms in total. The van der Waals surface area contributed by atoms with Gasteiger partial charge >= 0.3 is 5.97 Å². The zero-order chi connectivity index (χ0) is 14.5. The zero-order valence-corrected chi connectivity index (χ0v) is 12.2. The van der Waals surface area contributed by atoms with Crippen LogP contribution >= 0.6 is 11.8 Å². The number of carboxylic acids is 1. The van der Waals surface area contributed by atoms with Gasteiger partial charge in [0, 0.05) is 10.9 Å². The minimum atomic E-state index is -0.799. The maximum Gasteiger partial charge on any atom is 0.305 e. The van der Waals surface area contributed by atoms with Gasteiger partial charge in [-0.1, -0.05) is 13.0 Å². The van der Waals surface area contributed by atoms with Crippen LogP contribution in [0.15, 0.2) is 23.1 Å². The molecule has 0 spiro atoms. The number of anilines is 1. The summed E-state index contributed by atoms with van der Waals surface area (Å²) in [6.45, 7) is 2.04. The molecule has 5 heteroatoms. The molecule has 1 atom stereocenters. The zero-order valence-electron chi connectivity index (χ0n) is 11.4. The van der Waals surface area contributed by atoms with Crippen molar-refractivity contribution in [3.8, 4) is 6.07 Å². The number of hydrogen-bond donors (Lipinski definition) is 2. The molecule has 2 N–H and O–H groups in total. The number of rotatable bonds is 7. The van der Waals surface area contributed by atoms with E-state index in [2.05, 4.69) is 11.4 Å². The molecule has 20 heavy (non-hydrogen) atoms. The van der Waals surface area contributed by atoms with Crippen molar-refractivity contribution in [2.75, 3.05) is 11.1 Å². The first-order valence-corrected chi connectivity index (χ1v) is 7.78. The predicted molar refractivity (Wildman–Crippen MR) is 79.9 cm³/mol. The van der Waals surface area contributed by atoms with Crippen LogP contribution in [0.4, 0.5) is 5.69 Å². The topological polar surface area (TPSA) is 73.1 Å². The molecule has 1 saturated carbocycles. The number of nitrogens with one attached hydrogen (secondary N) is 1. The van der Waals surface area contributed by atoms with E-state index in [1.165, 1.54) is 0 Å². The smallest absolute Gasteiger partial charge is 0.305 e. The van der Waals surface area contributed by atoms with E-state index in [-0.39, 0.29) is 12.5 Å². The second-order valence-electron chi connectivity index (χ2n) is 4.91. The van der Waals surface area contributed by atoms with Crippen molar-refractivity contribution in [3.63, 3.8) is 0 Å². The first kappa shape index (κ1) is 14.7. The van der Waals surface area contributed by atoms with Crippen LogP contribution in [0.1, 0.15) is 31.7 Å². The van der Waals surface area contributed by atoms with Crippen LogP contribution < -0.4 is 5.32 Å². The normalized spacial score (nSPS) is 15.4. The van der Waals surface area contributed by atoms with Crippen molar-refractivity contribution >= 4 is 23.4 Å². The molecule has 0 bridgehead atoms. The number of carbonyl (C=O) groups is 1. The molecule has 106 valence electrons. The molecule has 0 amide bonds. The quantitative estimate of drug-likeness (QED) is 0.753. The van der Waals surface area contributed by atoms with E-state index in [0.29, 0.717) is 11.5 Å². The Morgan fingerprint density at radius 2 is 2.35 bits per heavy atom. The van der Waals surface area contributed by atoms with Gasteiger partial charge < -0.3 is 10.4 Å². The summed E-state index contributed by atoms with van der Waals surface area (Å²) >= 11 is 1.63. The number of thioether (sulfide) groups is 1. The Kier molecular flexibility index (Phi) is 4.91. The van der Waals surface area contributed by atoms with Gasteiger partial charge in [0.05, 0.1) is 17.7 Å². The van der Waals surface area contributed by atoms with Crippen molar-refractivity contribution in [2.24, 2.45) is 5.92 Å². The SMILES string of the molecule is CCSc1cccc(NC(CC(=O)O)C2CC2)c1C#N. The van der Waals surface area contributed by atoms with E-state index < -0.39 is 5.97 Å². The van der Waals surface area contributed by atoms with Crippen molar-refractivity contribution in [2.45, 2.75) is 37.1 Å². The molecule has 1 fully saturated rings. The summed E-state index contributed by atoms with van der Waals surface area (Å²) in [5, 5.41) is 21.6. The fourth-order valence-corrected chi connectivity index (χ4v) is 3.05. The number of aliphatic carboxylic acids is 1. The lowest BCUT2D eigenvalue weighted by Crippen LogP contribution is -2.25. The summed E-state index contributed by atoms with van der Waals surface area (Å²) in [6.07, 6.45) is 2.23. The van der Waals surface area contributed by atoms with Crippen LogP contribution in [-0.4, -0.2) is 22.9 Å². The Labute approximate surface area is 123 Å². The largest absolute Gasteiger partial charge is 0.481 e. The molecule has 1 aromatic rings. The fourth-order valence-electron chi connectivity index (χ4n) is 2.26. The second-order valence-corrected chi connectivity index (χ2v) is 6.22. The Morgan fingerprint density at radius 1 is 1.60 bits per heavy atom. The van der Waals surface area contributed by atoms with Crippen LogP contribution in [0, 0.1) is 17.2 Å². The van der Waals surface area contributed by atoms with E-state index in [1.807, 2.05) is 25.1 Å². The van der Waals surface area contributed by atoms with Crippen LogP contribution in [0.25, 0.3) is 0 Å². The summed E-state index contributed by atoms with van der Waals surface area (Å²) in [5.41, 5.74) is 1.37. The molecule has 1 aliphatic carbocycles. The number of nitriles is 1. The number of hydrogen-bond acceptors (Lipinski definition) is 4. The van der Waals surface area contributed by atoms with E-state index in [9.17, 15) is 10.1 Å². The summed E-state index contributed by atoms with van der Waals surface area (Å²) < 4.78 is 0. The Bertz CT molecular complexity index is 535. The predicted octanol–water partition coefficient (Wildman–Crippen LogP) is 3.34. The van der Waals surface area contributed by atoms with Gasteiger partial charge in [0.25, 0.3) is 0 Å². The first-order valence-electron chi connectivity index (χ1n) is 6.80.